The number of nitrogens with zero attached hydrogens (tertiary/aromatic N) is 7. The first-order valence-corrected chi connectivity index (χ1v) is 10.7. The fourth-order valence-corrected chi connectivity index (χ4v) is 3.45. The molecule has 38 heavy (non-hydrogen) atoms. The second kappa shape index (κ2) is 11.2. The fraction of sp³-hybridized carbons (Fsp3) is 0.0769. The number of halogens is 2. The maximum absolute atomic E-state index is 14.1. The standard InChI is InChI=1S/C13H9FN4O.C12H7FN4O.CH4/c1-19-13-11(14)12(17-7-18-13)9-5-8-3-2-4-15-10(8)6-16-9;13-10-11(16-6-17-12(10)18)8-4-7-2-1-3-14-9(7)5-15-8;/h2-7H,1H3;1-6H,(H,16,17,18);1H4. The van der Waals surface area contributed by atoms with E-state index in [2.05, 4.69) is 39.9 Å². The maximum atomic E-state index is 14.1. The summed E-state index contributed by atoms with van der Waals surface area (Å²) < 4.78 is 32.5. The number of pyridine rings is 4. The van der Waals surface area contributed by atoms with Gasteiger partial charge in [0.15, 0.2) is 0 Å². The predicted molar refractivity (Wildman–Crippen MR) is 137 cm³/mol. The zero-order chi connectivity index (χ0) is 25.8. The Balaban J connectivity index is 0.000000173. The number of nitrogens with one attached hydrogen (secondary N) is 1. The Hall–Kier alpha value is -5.26. The molecule has 0 saturated heterocycles. The lowest BCUT2D eigenvalue weighted by molar-refractivity contribution is 0.368. The number of fused-ring (bicyclic) bond motifs is 2. The number of aromatic amines is 1. The smallest absolute Gasteiger partial charge is 0.287 e. The molecule has 6 heterocycles. The fourth-order valence-electron chi connectivity index (χ4n) is 3.45. The van der Waals surface area contributed by atoms with Gasteiger partial charge in [-0.2, -0.15) is 13.8 Å². The van der Waals surface area contributed by atoms with Crippen LogP contribution in [0.4, 0.5) is 8.78 Å². The average Bonchev–Trinajstić information content (AvgIpc) is 2.94. The predicted octanol–water partition coefficient (Wildman–Crippen LogP) is 4.39. The molecule has 0 aliphatic carbocycles. The molecule has 0 fully saturated rings. The topological polar surface area (TPSA) is 132 Å². The van der Waals surface area contributed by atoms with Gasteiger partial charge in [-0.1, -0.05) is 19.6 Å². The van der Waals surface area contributed by atoms with E-state index in [-0.39, 0.29) is 24.7 Å². The Morgan fingerprint density at radius 2 is 1.34 bits per heavy atom. The lowest BCUT2D eigenvalue weighted by Crippen LogP contribution is -2.12. The molecule has 10 nitrogen and oxygen atoms in total. The summed E-state index contributed by atoms with van der Waals surface area (Å²) >= 11 is 0. The molecule has 190 valence electrons. The minimum Gasteiger partial charge on any atom is -0.479 e. The van der Waals surface area contributed by atoms with E-state index in [0.717, 1.165) is 22.6 Å². The molecule has 1 N–H and O–H groups in total. The van der Waals surface area contributed by atoms with E-state index in [0.29, 0.717) is 16.9 Å². The largest absolute Gasteiger partial charge is 0.479 e. The van der Waals surface area contributed by atoms with Crippen molar-refractivity contribution in [2.24, 2.45) is 0 Å². The van der Waals surface area contributed by atoms with E-state index in [1.54, 1.807) is 36.8 Å². The maximum Gasteiger partial charge on any atom is 0.287 e. The molecule has 0 saturated carbocycles. The van der Waals surface area contributed by atoms with E-state index >= 15 is 0 Å². The molecule has 0 radical (unpaired) electrons. The summed E-state index contributed by atoms with van der Waals surface area (Å²) in [4.78, 5) is 41.2. The molecule has 6 rings (SSSR count). The van der Waals surface area contributed by atoms with Gasteiger partial charge in [-0.15, -0.1) is 0 Å². The first kappa shape index (κ1) is 25.8. The van der Waals surface area contributed by atoms with Gasteiger partial charge in [0.2, 0.25) is 11.6 Å². The molecule has 0 bridgehead atoms. The molecule has 0 aromatic carbocycles. The molecule has 0 spiro atoms. The first-order valence-electron chi connectivity index (χ1n) is 10.7. The second-order valence-electron chi connectivity index (χ2n) is 7.47. The molecular formula is C26H20F2N8O2. The van der Waals surface area contributed by atoms with Crippen molar-refractivity contribution in [1.29, 1.82) is 0 Å². The van der Waals surface area contributed by atoms with E-state index in [1.807, 2.05) is 18.2 Å². The minimum atomic E-state index is -0.937. The molecule has 12 heteroatoms. The van der Waals surface area contributed by atoms with Crippen molar-refractivity contribution in [2.45, 2.75) is 7.43 Å². The zero-order valence-corrected chi connectivity index (χ0v) is 19.1. The monoisotopic (exact) mass is 514 g/mol. The Morgan fingerprint density at radius 3 is 1.92 bits per heavy atom. The third-order valence-corrected chi connectivity index (χ3v) is 5.21. The van der Waals surface area contributed by atoms with Crippen LogP contribution in [0.15, 0.2) is 78.6 Å². The molecule has 0 aliphatic heterocycles. The van der Waals surface area contributed by atoms with E-state index in [4.69, 9.17) is 4.74 Å². The van der Waals surface area contributed by atoms with Crippen LogP contribution in [0.5, 0.6) is 5.88 Å². The van der Waals surface area contributed by atoms with Crippen LogP contribution in [0.3, 0.4) is 0 Å². The Kier molecular flexibility index (Phi) is 7.61. The molecule has 0 unspecified atom stereocenters. The Labute approximate surface area is 214 Å². The number of ether oxygens (including phenoxy) is 1. The van der Waals surface area contributed by atoms with Crippen LogP contribution >= 0.6 is 0 Å². The summed E-state index contributed by atoms with van der Waals surface area (Å²) in [5.74, 6) is -1.66. The number of hydrogen-bond acceptors (Lipinski definition) is 9. The molecule has 0 aliphatic rings. The van der Waals surface area contributed by atoms with Crippen molar-refractivity contribution in [1.82, 2.24) is 39.9 Å². The second-order valence-corrected chi connectivity index (χ2v) is 7.47. The van der Waals surface area contributed by atoms with E-state index < -0.39 is 17.2 Å². The highest BCUT2D eigenvalue weighted by atomic mass is 19.1. The van der Waals surface area contributed by atoms with Gasteiger partial charge >= 0.3 is 0 Å². The van der Waals surface area contributed by atoms with Crippen LogP contribution in [0.2, 0.25) is 0 Å². The van der Waals surface area contributed by atoms with Gasteiger partial charge in [0, 0.05) is 23.2 Å². The highest BCUT2D eigenvalue weighted by Gasteiger charge is 2.15. The van der Waals surface area contributed by atoms with Crippen molar-refractivity contribution < 1.29 is 13.5 Å². The van der Waals surface area contributed by atoms with Crippen LogP contribution in [-0.2, 0) is 0 Å². The number of aromatic nitrogens is 8. The lowest BCUT2D eigenvalue weighted by Gasteiger charge is -2.05. The molecule has 0 amide bonds. The summed E-state index contributed by atoms with van der Waals surface area (Å²) in [6.07, 6.45) is 8.82. The van der Waals surface area contributed by atoms with Crippen molar-refractivity contribution in [3.63, 3.8) is 0 Å². The van der Waals surface area contributed by atoms with Gasteiger partial charge in [-0.25, -0.2) is 9.97 Å². The van der Waals surface area contributed by atoms with Gasteiger partial charge in [0.05, 0.1) is 48.3 Å². The Morgan fingerprint density at radius 1 is 0.763 bits per heavy atom. The minimum absolute atomic E-state index is 0. The van der Waals surface area contributed by atoms with Gasteiger partial charge < -0.3 is 9.72 Å². The van der Waals surface area contributed by atoms with Crippen molar-refractivity contribution >= 4 is 21.8 Å². The lowest BCUT2D eigenvalue weighted by atomic mass is 10.2. The number of hydrogen-bond donors (Lipinski definition) is 1. The zero-order valence-electron chi connectivity index (χ0n) is 19.1. The number of rotatable bonds is 3. The molecule has 6 aromatic rings. The van der Waals surface area contributed by atoms with Crippen LogP contribution in [0, 0.1) is 11.6 Å². The average molecular weight is 514 g/mol. The summed E-state index contributed by atoms with van der Waals surface area (Å²) in [5.41, 5.74) is 1.40. The summed E-state index contributed by atoms with van der Waals surface area (Å²) in [6.45, 7) is 0. The van der Waals surface area contributed by atoms with Gasteiger partial charge in [0.25, 0.3) is 11.4 Å². The quantitative estimate of drug-likeness (QED) is 0.365. The number of H-pyrrole nitrogens is 1. The summed E-state index contributed by atoms with van der Waals surface area (Å²) in [5, 5.41) is 1.67. The SMILES string of the molecule is C.COc1ncnc(-c2cc3cccnc3cn2)c1F.O=c1[nH]cnc(-c2cc3cccnc3cn2)c1F. The first-order chi connectivity index (χ1) is 18.0. The van der Waals surface area contributed by atoms with Crippen LogP contribution in [0.25, 0.3) is 44.6 Å². The normalized spacial score (nSPS) is 10.4. The van der Waals surface area contributed by atoms with Crippen molar-refractivity contribution in [3.8, 4) is 28.7 Å². The van der Waals surface area contributed by atoms with Gasteiger partial charge in [0.1, 0.15) is 17.7 Å². The summed E-state index contributed by atoms with van der Waals surface area (Å²) in [7, 11) is 1.35. The Bertz CT molecular complexity index is 1800. The van der Waals surface area contributed by atoms with E-state index in [1.165, 1.54) is 19.6 Å². The van der Waals surface area contributed by atoms with Crippen LogP contribution in [-0.4, -0.2) is 47.0 Å². The molecule has 0 atom stereocenters. The third-order valence-electron chi connectivity index (χ3n) is 5.21. The molecular weight excluding hydrogens is 494 g/mol. The van der Waals surface area contributed by atoms with Crippen LogP contribution in [0.1, 0.15) is 7.43 Å². The third kappa shape index (κ3) is 5.14. The van der Waals surface area contributed by atoms with Crippen molar-refractivity contribution in [2.75, 3.05) is 7.11 Å². The van der Waals surface area contributed by atoms with Gasteiger partial charge in [-0.05, 0) is 24.3 Å². The van der Waals surface area contributed by atoms with Gasteiger partial charge in [-0.3, -0.25) is 24.7 Å². The van der Waals surface area contributed by atoms with Crippen molar-refractivity contribution in [3.05, 3.63) is 95.8 Å². The highest BCUT2D eigenvalue weighted by Crippen LogP contribution is 2.25. The highest BCUT2D eigenvalue weighted by molar-refractivity contribution is 5.82. The molecule has 6 aromatic heterocycles. The van der Waals surface area contributed by atoms with Crippen LogP contribution < -0.4 is 10.3 Å². The number of methoxy groups -OCH3 is 1. The van der Waals surface area contributed by atoms with E-state index in [9.17, 15) is 13.6 Å². The summed E-state index contributed by atoms with van der Waals surface area (Å²) in [6, 6.07) is 10.7.